The highest BCUT2D eigenvalue weighted by molar-refractivity contribution is 6.12. The summed E-state index contributed by atoms with van der Waals surface area (Å²) in [5, 5.41) is 20.9. The van der Waals surface area contributed by atoms with Crippen molar-refractivity contribution in [2.24, 2.45) is 0 Å². The van der Waals surface area contributed by atoms with Gasteiger partial charge in [0.2, 0.25) is 0 Å². The first-order valence-electron chi connectivity index (χ1n) is 10.5. The van der Waals surface area contributed by atoms with Crippen molar-refractivity contribution in [2.75, 3.05) is 41.3 Å². The lowest BCUT2D eigenvalue weighted by molar-refractivity contribution is 0.0684. The van der Waals surface area contributed by atoms with Gasteiger partial charge in [-0.1, -0.05) is 0 Å². The van der Waals surface area contributed by atoms with Gasteiger partial charge in [-0.2, -0.15) is 0 Å². The number of carbonyl (C=O) groups is 2. The van der Waals surface area contributed by atoms with E-state index in [9.17, 15) is 19.8 Å². The SMILES string of the molecule is CN(C)CCCc1cc2oc3ccc(C(=O)O)cc3c2c(CCCN(C)C)c1C(=O)O.Cl.Cl.O. The predicted octanol–water partition coefficient (Wildman–Crippen LogP) is 3.99. The van der Waals surface area contributed by atoms with Crippen LogP contribution in [0, 0.1) is 0 Å². The van der Waals surface area contributed by atoms with Gasteiger partial charge in [-0.25, -0.2) is 9.59 Å². The van der Waals surface area contributed by atoms with Crippen molar-refractivity contribution in [2.45, 2.75) is 25.7 Å². The van der Waals surface area contributed by atoms with Crippen LogP contribution in [0.3, 0.4) is 0 Å². The average Bonchev–Trinajstić information content (AvgIpc) is 3.04. The van der Waals surface area contributed by atoms with Gasteiger partial charge in [0.05, 0.1) is 11.1 Å². The van der Waals surface area contributed by atoms with Crippen LogP contribution in [0.25, 0.3) is 21.9 Å². The normalized spacial score (nSPS) is 10.8. The number of hydrogen-bond acceptors (Lipinski definition) is 5. The topological polar surface area (TPSA) is 126 Å². The molecule has 3 rings (SSSR count). The summed E-state index contributed by atoms with van der Waals surface area (Å²) in [6.45, 7) is 1.68. The van der Waals surface area contributed by atoms with Crippen LogP contribution in [-0.4, -0.2) is 78.7 Å². The van der Waals surface area contributed by atoms with Gasteiger partial charge < -0.3 is 29.9 Å². The van der Waals surface area contributed by atoms with Gasteiger partial charge in [0.25, 0.3) is 0 Å². The molecule has 0 fully saturated rings. The molecule has 1 aromatic heterocycles. The molecule has 0 spiro atoms. The molecule has 3 aromatic rings. The van der Waals surface area contributed by atoms with Crippen LogP contribution < -0.4 is 0 Å². The van der Waals surface area contributed by atoms with Crippen molar-refractivity contribution < 1.29 is 29.7 Å². The van der Waals surface area contributed by atoms with E-state index in [2.05, 4.69) is 9.80 Å². The molecule has 34 heavy (non-hydrogen) atoms. The van der Waals surface area contributed by atoms with E-state index in [4.69, 9.17) is 4.42 Å². The minimum Gasteiger partial charge on any atom is -0.478 e. The highest BCUT2D eigenvalue weighted by Gasteiger charge is 2.23. The Morgan fingerprint density at radius 2 is 1.44 bits per heavy atom. The zero-order valence-corrected chi connectivity index (χ0v) is 21.5. The second-order valence-corrected chi connectivity index (χ2v) is 8.50. The molecule has 0 atom stereocenters. The van der Waals surface area contributed by atoms with Gasteiger partial charge in [0, 0.05) is 10.8 Å². The molecule has 0 saturated carbocycles. The maximum Gasteiger partial charge on any atom is 0.336 e. The van der Waals surface area contributed by atoms with Crippen molar-refractivity contribution in [3.8, 4) is 0 Å². The lowest BCUT2D eigenvalue weighted by Crippen LogP contribution is -2.16. The Morgan fingerprint density at radius 1 is 0.853 bits per heavy atom. The number of carboxylic acids is 2. The summed E-state index contributed by atoms with van der Waals surface area (Å²) in [4.78, 5) is 28.0. The molecule has 190 valence electrons. The van der Waals surface area contributed by atoms with E-state index in [0.29, 0.717) is 40.3 Å². The van der Waals surface area contributed by atoms with E-state index in [1.165, 1.54) is 6.07 Å². The second-order valence-electron chi connectivity index (χ2n) is 8.50. The first-order valence-corrected chi connectivity index (χ1v) is 10.5. The van der Waals surface area contributed by atoms with Crippen molar-refractivity contribution in [1.29, 1.82) is 0 Å². The van der Waals surface area contributed by atoms with Gasteiger partial charge in [0.15, 0.2) is 0 Å². The molecule has 0 amide bonds. The number of rotatable bonds is 10. The van der Waals surface area contributed by atoms with Gasteiger partial charge in [-0.3, -0.25) is 0 Å². The number of nitrogens with zero attached hydrogens (tertiary/aromatic N) is 2. The molecule has 0 aliphatic rings. The number of benzene rings is 2. The number of aryl methyl sites for hydroxylation is 2. The molecular formula is C24H34Cl2N2O6. The Labute approximate surface area is 211 Å². The summed E-state index contributed by atoms with van der Waals surface area (Å²) in [5.41, 5.74) is 3.15. The number of fused-ring (bicyclic) bond motifs is 3. The van der Waals surface area contributed by atoms with Crippen molar-refractivity contribution in [3.63, 3.8) is 0 Å². The van der Waals surface area contributed by atoms with Crippen LogP contribution in [0.5, 0.6) is 0 Å². The van der Waals surface area contributed by atoms with Crippen LogP contribution in [0.1, 0.15) is 44.7 Å². The standard InChI is InChI=1S/C24H30N2O5.2ClH.H2O/c1-25(2)11-5-7-15-14-20-22(17(21(15)24(29)30)8-6-12-26(3)4)18-13-16(23(27)28)9-10-19(18)31-20;;;/h9-10,13-14H,5-8,11-12H2,1-4H3,(H,27,28)(H,29,30);2*1H;1H2. The summed E-state index contributed by atoms with van der Waals surface area (Å²) in [6, 6.07) is 6.56. The Hall–Kier alpha value is -2.36. The average molecular weight is 517 g/mol. The minimum atomic E-state index is -1.02. The van der Waals surface area contributed by atoms with E-state index in [1.807, 2.05) is 34.3 Å². The third kappa shape index (κ3) is 7.07. The fourth-order valence-electron chi connectivity index (χ4n) is 4.08. The molecule has 0 aliphatic carbocycles. The number of hydrogen-bond donors (Lipinski definition) is 2. The van der Waals surface area contributed by atoms with E-state index >= 15 is 0 Å². The smallest absolute Gasteiger partial charge is 0.336 e. The number of carboxylic acid groups (broad SMARTS) is 2. The first kappa shape index (κ1) is 31.6. The van der Waals surface area contributed by atoms with Crippen molar-refractivity contribution in [3.05, 3.63) is 46.5 Å². The molecule has 0 saturated heterocycles. The zero-order chi connectivity index (χ0) is 22.7. The minimum absolute atomic E-state index is 0. The van der Waals surface area contributed by atoms with Crippen LogP contribution in [0.2, 0.25) is 0 Å². The van der Waals surface area contributed by atoms with Gasteiger partial charge >= 0.3 is 11.9 Å². The van der Waals surface area contributed by atoms with Crippen LogP contribution in [0.15, 0.2) is 28.7 Å². The third-order valence-electron chi connectivity index (χ3n) is 5.49. The van der Waals surface area contributed by atoms with E-state index in [1.54, 1.807) is 12.1 Å². The van der Waals surface area contributed by atoms with Gasteiger partial charge in [-0.15, -0.1) is 24.8 Å². The Balaban J connectivity index is 0.00000363. The summed E-state index contributed by atoms with van der Waals surface area (Å²) in [5.74, 6) is -1.98. The fourth-order valence-corrected chi connectivity index (χ4v) is 4.08. The third-order valence-corrected chi connectivity index (χ3v) is 5.49. The van der Waals surface area contributed by atoms with E-state index in [-0.39, 0.29) is 35.9 Å². The van der Waals surface area contributed by atoms with Gasteiger partial charge in [-0.05, 0) is 102 Å². The summed E-state index contributed by atoms with van der Waals surface area (Å²) in [6.07, 6.45) is 2.83. The Kier molecular flexibility index (Phi) is 12.6. The number of halogens is 2. The van der Waals surface area contributed by atoms with E-state index < -0.39 is 11.9 Å². The molecule has 4 N–H and O–H groups in total. The second kappa shape index (κ2) is 13.5. The Morgan fingerprint density at radius 3 is 1.97 bits per heavy atom. The molecule has 0 radical (unpaired) electrons. The molecule has 0 bridgehead atoms. The highest BCUT2D eigenvalue weighted by Crippen LogP contribution is 2.36. The zero-order valence-electron chi connectivity index (χ0n) is 19.9. The molecule has 1 heterocycles. The van der Waals surface area contributed by atoms with Crippen LogP contribution >= 0.6 is 24.8 Å². The molecule has 2 aromatic carbocycles. The van der Waals surface area contributed by atoms with Crippen molar-refractivity contribution >= 4 is 58.7 Å². The fraction of sp³-hybridized carbons (Fsp3) is 0.417. The maximum atomic E-state index is 12.4. The molecule has 0 aliphatic heterocycles. The monoisotopic (exact) mass is 516 g/mol. The predicted molar refractivity (Wildman–Crippen MR) is 139 cm³/mol. The maximum absolute atomic E-state index is 12.4. The van der Waals surface area contributed by atoms with Crippen LogP contribution in [-0.2, 0) is 12.8 Å². The van der Waals surface area contributed by atoms with Gasteiger partial charge in [0.1, 0.15) is 11.2 Å². The summed E-state index contributed by atoms with van der Waals surface area (Å²) >= 11 is 0. The summed E-state index contributed by atoms with van der Waals surface area (Å²) < 4.78 is 6.05. The molecular weight excluding hydrogens is 483 g/mol. The molecule has 0 unspecified atom stereocenters. The van der Waals surface area contributed by atoms with E-state index in [0.717, 1.165) is 37.1 Å². The Bertz CT molecular complexity index is 1130. The van der Waals surface area contributed by atoms with Crippen LogP contribution in [0.4, 0.5) is 0 Å². The number of aromatic carboxylic acids is 2. The molecule has 10 heteroatoms. The summed E-state index contributed by atoms with van der Waals surface area (Å²) in [7, 11) is 7.95. The first-order chi connectivity index (χ1) is 14.7. The largest absolute Gasteiger partial charge is 0.478 e. The molecule has 8 nitrogen and oxygen atoms in total. The quantitative estimate of drug-likeness (QED) is 0.417. The number of furan rings is 1. The van der Waals surface area contributed by atoms with Crippen molar-refractivity contribution in [1.82, 2.24) is 9.80 Å². The highest BCUT2D eigenvalue weighted by atomic mass is 35.5. The lowest BCUT2D eigenvalue weighted by atomic mass is 9.90. The lowest BCUT2D eigenvalue weighted by Gasteiger charge is -2.16.